The van der Waals surface area contributed by atoms with Crippen LogP contribution in [0.4, 0.5) is 0 Å². The number of ether oxygens (including phenoxy) is 1. The maximum Gasteiger partial charge on any atom is 0.262 e. The van der Waals surface area contributed by atoms with Crippen LogP contribution in [0.25, 0.3) is 0 Å². The summed E-state index contributed by atoms with van der Waals surface area (Å²) < 4.78 is 6.00. The van der Waals surface area contributed by atoms with Gasteiger partial charge in [0.05, 0.1) is 17.2 Å². The van der Waals surface area contributed by atoms with E-state index in [0.717, 1.165) is 36.4 Å². The van der Waals surface area contributed by atoms with Crippen LogP contribution >= 0.6 is 0 Å². The second-order valence-electron chi connectivity index (χ2n) is 8.07. The van der Waals surface area contributed by atoms with Crippen LogP contribution in [-0.2, 0) is 9.59 Å². The maximum atomic E-state index is 13.1. The SMILES string of the molecule is CC(C)Oc1cc2c(cc1C1CCNCC1)C(=O)N(C1CCC(=O)NC1=O)C2=O. The van der Waals surface area contributed by atoms with Crippen molar-refractivity contribution in [3.63, 3.8) is 0 Å². The van der Waals surface area contributed by atoms with Gasteiger partial charge in [-0.25, -0.2) is 0 Å². The lowest BCUT2D eigenvalue weighted by Crippen LogP contribution is -2.54. The summed E-state index contributed by atoms with van der Waals surface area (Å²) in [6.45, 7) is 5.61. The molecule has 0 aromatic heterocycles. The maximum absolute atomic E-state index is 13.1. The van der Waals surface area contributed by atoms with Gasteiger partial charge in [-0.1, -0.05) is 0 Å². The van der Waals surface area contributed by atoms with Crippen molar-refractivity contribution in [3.8, 4) is 5.75 Å². The van der Waals surface area contributed by atoms with Gasteiger partial charge in [-0.15, -0.1) is 0 Å². The summed E-state index contributed by atoms with van der Waals surface area (Å²) >= 11 is 0. The highest BCUT2D eigenvalue weighted by atomic mass is 16.5. The van der Waals surface area contributed by atoms with Crippen LogP contribution < -0.4 is 15.4 Å². The highest BCUT2D eigenvalue weighted by Crippen LogP contribution is 2.39. The number of nitrogens with zero attached hydrogens (tertiary/aromatic N) is 1. The topological polar surface area (TPSA) is 105 Å². The zero-order valence-electron chi connectivity index (χ0n) is 16.6. The average Bonchev–Trinajstić information content (AvgIpc) is 2.92. The Balaban J connectivity index is 1.72. The Morgan fingerprint density at radius 2 is 1.66 bits per heavy atom. The monoisotopic (exact) mass is 399 g/mol. The molecule has 1 aromatic carbocycles. The Labute approximate surface area is 169 Å². The molecule has 2 saturated heterocycles. The number of imide groups is 2. The van der Waals surface area contributed by atoms with E-state index >= 15 is 0 Å². The average molecular weight is 399 g/mol. The third kappa shape index (κ3) is 3.53. The van der Waals surface area contributed by atoms with Crippen LogP contribution in [0, 0.1) is 0 Å². The van der Waals surface area contributed by atoms with Crippen molar-refractivity contribution in [1.29, 1.82) is 0 Å². The Morgan fingerprint density at radius 3 is 2.28 bits per heavy atom. The summed E-state index contributed by atoms with van der Waals surface area (Å²) in [6.07, 6.45) is 2.02. The highest BCUT2D eigenvalue weighted by Gasteiger charge is 2.45. The number of fused-ring (bicyclic) bond motifs is 1. The Bertz CT molecular complexity index is 889. The molecule has 0 bridgehead atoms. The summed E-state index contributed by atoms with van der Waals surface area (Å²) in [5.41, 5.74) is 1.50. The van der Waals surface area contributed by atoms with Gasteiger partial charge in [0.25, 0.3) is 11.8 Å². The molecule has 1 unspecified atom stereocenters. The fourth-order valence-electron chi connectivity index (χ4n) is 4.32. The van der Waals surface area contributed by atoms with E-state index in [2.05, 4.69) is 10.6 Å². The summed E-state index contributed by atoms with van der Waals surface area (Å²) in [4.78, 5) is 50.8. The van der Waals surface area contributed by atoms with E-state index in [1.54, 1.807) is 12.1 Å². The number of hydrogen-bond acceptors (Lipinski definition) is 6. The minimum Gasteiger partial charge on any atom is -0.491 e. The first-order valence-electron chi connectivity index (χ1n) is 10.1. The van der Waals surface area contributed by atoms with E-state index in [4.69, 9.17) is 4.74 Å². The van der Waals surface area contributed by atoms with Gasteiger partial charge >= 0.3 is 0 Å². The largest absolute Gasteiger partial charge is 0.491 e. The van der Waals surface area contributed by atoms with Crippen LogP contribution in [-0.4, -0.2) is 53.8 Å². The summed E-state index contributed by atoms with van der Waals surface area (Å²) in [5, 5.41) is 5.55. The van der Waals surface area contributed by atoms with E-state index in [0.29, 0.717) is 11.3 Å². The lowest BCUT2D eigenvalue weighted by atomic mass is 9.87. The van der Waals surface area contributed by atoms with Crippen LogP contribution in [0.2, 0.25) is 0 Å². The molecule has 4 amide bonds. The molecule has 0 spiro atoms. The van der Waals surface area contributed by atoms with Crippen molar-refractivity contribution in [2.45, 2.75) is 57.6 Å². The lowest BCUT2D eigenvalue weighted by Gasteiger charge is -2.27. The van der Waals surface area contributed by atoms with Crippen LogP contribution in [0.1, 0.15) is 71.7 Å². The van der Waals surface area contributed by atoms with Crippen molar-refractivity contribution in [2.75, 3.05) is 13.1 Å². The Kier molecular flexibility index (Phi) is 5.12. The molecule has 2 fully saturated rings. The predicted molar refractivity (Wildman–Crippen MR) is 104 cm³/mol. The van der Waals surface area contributed by atoms with Gasteiger partial charge in [-0.3, -0.25) is 29.4 Å². The Morgan fingerprint density at radius 1 is 1.00 bits per heavy atom. The third-order valence-corrected chi connectivity index (χ3v) is 5.71. The molecule has 2 N–H and O–H groups in total. The molecule has 1 atom stereocenters. The molecule has 1 aromatic rings. The van der Waals surface area contributed by atoms with E-state index in [1.165, 1.54) is 0 Å². The molecule has 3 aliphatic rings. The standard InChI is InChI=1S/C21H25N3O5/c1-11(2)29-17-10-15-14(9-13(17)12-5-7-22-8-6-12)20(27)24(21(15)28)16-3-4-18(25)23-19(16)26/h9-12,16,22H,3-8H2,1-2H3,(H,23,25,26). The molecule has 8 heteroatoms. The molecule has 29 heavy (non-hydrogen) atoms. The zero-order chi connectivity index (χ0) is 20.7. The molecule has 3 heterocycles. The van der Waals surface area contributed by atoms with Crippen LogP contribution in [0.5, 0.6) is 5.75 Å². The van der Waals surface area contributed by atoms with Gasteiger partial charge in [-0.05, 0) is 69.8 Å². The molecule has 3 aliphatic heterocycles. The molecule has 154 valence electrons. The first-order valence-corrected chi connectivity index (χ1v) is 10.1. The molecule has 0 aliphatic carbocycles. The molecular formula is C21H25N3O5. The number of benzene rings is 1. The predicted octanol–water partition coefficient (Wildman–Crippen LogP) is 1.34. The van der Waals surface area contributed by atoms with Gasteiger partial charge < -0.3 is 10.1 Å². The van der Waals surface area contributed by atoms with Crippen molar-refractivity contribution >= 4 is 23.6 Å². The summed E-state index contributed by atoms with van der Waals surface area (Å²) in [7, 11) is 0. The van der Waals surface area contributed by atoms with Gasteiger partial charge in [0, 0.05) is 6.42 Å². The van der Waals surface area contributed by atoms with Crippen molar-refractivity contribution in [2.24, 2.45) is 0 Å². The van der Waals surface area contributed by atoms with Gasteiger partial charge in [0.1, 0.15) is 11.8 Å². The normalized spacial score (nSPS) is 22.9. The summed E-state index contributed by atoms with van der Waals surface area (Å²) in [5.74, 6) is -1.12. The van der Waals surface area contributed by atoms with Gasteiger partial charge in [0.2, 0.25) is 11.8 Å². The van der Waals surface area contributed by atoms with E-state index in [9.17, 15) is 19.2 Å². The van der Waals surface area contributed by atoms with E-state index in [-0.39, 0.29) is 36.3 Å². The van der Waals surface area contributed by atoms with Crippen LogP contribution in [0.15, 0.2) is 12.1 Å². The lowest BCUT2D eigenvalue weighted by molar-refractivity contribution is -0.136. The molecule has 8 nitrogen and oxygen atoms in total. The second kappa shape index (κ2) is 7.59. The number of carbonyl (C=O) groups is 4. The van der Waals surface area contributed by atoms with E-state index < -0.39 is 23.8 Å². The number of amides is 4. The zero-order valence-corrected chi connectivity index (χ0v) is 16.6. The van der Waals surface area contributed by atoms with Crippen molar-refractivity contribution in [3.05, 3.63) is 28.8 Å². The summed E-state index contributed by atoms with van der Waals surface area (Å²) in [6, 6.07) is 2.46. The second-order valence-corrected chi connectivity index (χ2v) is 8.07. The number of carbonyl (C=O) groups excluding carboxylic acids is 4. The quantitative estimate of drug-likeness (QED) is 0.741. The number of piperidine rings is 2. The minimum atomic E-state index is -0.961. The number of rotatable bonds is 4. The molecule has 4 rings (SSSR count). The Hall–Kier alpha value is -2.74. The number of nitrogens with one attached hydrogen (secondary N) is 2. The van der Waals surface area contributed by atoms with Crippen molar-refractivity contribution < 1.29 is 23.9 Å². The van der Waals surface area contributed by atoms with E-state index in [1.807, 2.05) is 13.8 Å². The van der Waals surface area contributed by atoms with Crippen LogP contribution in [0.3, 0.4) is 0 Å². The van der Waals surface area contributed by atoms with Gasteiger partial charge in [0.15, 0.2) is 0 Å². The highest BCUT2D eigenvalue weighted by molar-refractivity contribution is 6.23. The number of hydrogen-bond donors (Lipinski definition) is 2. The van der Waals surface area contributed by atoms with Crippen molar-refractivity contribution in [1.82, 2.24) is 15.5 Å². The first-order chi connectivity index (χ1) is 13.9. The van der Waals surface area contributed by atoms with Gasteiger partial charge in [-0.2, -0.15) is 0 Å². The fourth-order valence-corrected chi connectivity index (χ4v) is 4.32. The fraction of sp³-hybridized carbons (Fsp3) is 0.524. The third-order valence-electron chi connectivity index (χ3n) is 5.71. The molecular weight excluding hydrogens is 374 g/mol. The minimum absolute atomic E-state index is 0.0769. The molecule has 0 radical (unpaired) electrons. The molecule has 0 saturated carbocycles. The first kappa shape index (κ1) is 19.6. The smallest absolute Gasteiger partial charge is 0.262 e.